The van der Waals surface area contributed by atoms with Crippen molar-refractivity contribution in [1.29, 1.82) is 0 Å². The second kappa shape index (κ2) is 34.6. The highest BCUT2D eigenvalue weighted by atomic mass is 28.3. The first-order valence-electron chi connectivity index (χ1n) is 35.7. The smallest absolute Gasteiger partial charge is 0.303 e. The number of carboxylic acid groups (broad SMARTS) is 3. The van der Waals surface area contributed by atoms with Crippen LogP contribution in [0.15, 0.2) is 128 Å². The molecule has 0 bridgehead atoms. The molecule has 3 saturated carbocycles. The molecule has 0 radical (unpaired) electrons. The topological polar surface area (TPSA) is 272 Å². The number of nitrogens with one attached hydrogen (secondary N) is 1. The number of pyridine rings is 3. The van der Waals surface area contributed by atoms with E-state index in [4.69, 9.17) is 29.8 Å². The molecule has 22 heteroatoms. The van der Waals surface area contributed by atoms with Crippen molar-refractivity contribution in [2.75, 3.05) is 13.2 Å². The second-order valence-corrected chi connectivity index (χ2v) is 41.3. The van der Waals surface area contributed by atoms with Crippen molar-refractivity contribution in [2.45, 2.75) is 200 Å². The molecule has 0 atom stereocenters. The minimum Gasteiger partial charge on any atom is -0.481 e. The molecule has 100 heavy (non-hydrogen) atoms. The maximum atomic E-state index is 11.0. The van der Waals surface area contributed by atoms with E-state index in [2.05, 4.69) is 157 Å². The standard InChI is InChI=1S/2C28H38N4O3Si.C22H24N4O2/c1-20-30-28(31-32(20)19-35-15-16-36(2,3)4)25-13-14-26(29-18-25)24-11-9-23(10-12-24)22-7-5-21(6-8-22)17-27(33)34;1-20-30-28(32(31-20)19-35-15-16-36(2,3)4)25-13-14-26(29-18-25)24-11-9-23(10-12-24)22-7-5-21(6-8-22)17-27(33)34;1-14-24-22(26-25-14)19-10-11-20(23-13-19)18-8-6-17(7-9-18)16-4-2-15(3-5-16)12-21(27)28/h2*9-14,18,21-22H,5-8,15-17,19H2,1-4H3,(H,33,34);6-11,13,15-16H,2-5,12H2,1H3,(H,27,28)(H,24,25,26). The Morgan fingerprint density at radius 3 is 1.14 bits per heavy atom. The number of nitrogens with zero attached hydrogens (tertiary/aromatic N) is 11. The van der Waals surface area contributed by atoms with Crippen LogP contribution in [0.1, 0.15) is 148 Å². The van der Waals surface area contributed by atoms with Gasteiger partial charge in [0.05, 0.1) is 17.1 Å². The lowest BCUT2D eigenvalue weighted by Crippen LogP contribution is -2.22. The van der Waals surface area contributed by atoms with Crippen molar-refractivity contribution in [2.24, 2.45) is 17.8 Å². The zero-order valence-corrected chi connectivity index (χ0v) is 61.7. The van der Waals surface area contributed by atoms with E-state index in [-0.39, 0.29) is 0 Å². The molecule has 4 N–H and O–H groups in total. The Balaban J connectivity index is 0.000000163. The molecule has 0 spiro atoms. The minimum atomic E-state index is -1.13. The number of rotatable bonds is 25. The Morgan fingerprint density at radius 1 is 0.440 bits per heavy atom. The van der Waals surface area contributed by atoms with Gasteiger partial charge < -0.3 is 24.8 Å². The van der Waals surface area contributed by atoms with Crippen LogP contribution in [0.2, 0.25) is 51.4 Å². The van der Waals surface area contributed by atoms with Crippen LogP contribution in [0, 0.1) is 38.5 Å². The van der Waals surface area contributed by atoms with Gasteiger partial charge in [-0.15, -0.1) is 5.10 Å². The van der Waals surface area contributed by atoms with Crippen LogP contribution in [0.4, 0.5) is 0 Å². The number of aromatic nitrogens is 12. The lowest BCUT2D eigenvalue weighted by Gasteiger charge is -2.28. The van der Waals surface area contributed by atoms with Gasteiger partial charge in [-0.2, -0.15) is 10.2 Å². The third kappa shape index (κ3) is 21.9. The normalized spacial score (nSPS) is 18.6. The van der Waals surface area contributed by atoms with Crippen LogP contribution in [-0.4, -0.2) is 122 Å². The number of H-pyrrole nitrogens is 1. The van der Waals surface area contributed by atoms with E-state index in [1.165, 1.54) is 16.7 Å². The lowest BCUT2D eigenvalue weighted by molar-refractivity contribution is -0.139. The van der Waals surface area contributed by atoms with E-state index >= 15 is 0 Å². The number of hydrogen-bond acceptors (Lipinski definition) is 14. The Hall–Kier alpha value is -8.71. The summed E-state index contributed by atoms with van der Waals surface area (Å²) in [6, 6.07) is 40.3. The fourth-order valence-electron chi connectivity index (χ4n) is 13.7. The summed E-state index contributed by atoms with van der Waals surface area (Å²) in [6.07, 6.45) is 18.8. The van der Waals surface area contributed by atoms with Crippen LogP contribution in [0.25, 0.3) is 67.9 Å². The number of benzene rings is 3. The van der Waals surface area contributed by atoms with Gasteiger partial charge in [-0.05, 0) is 199 Å². The molecule has 0 saturated heterocycles. The Bertz CT molecular complexity index is 4070. The van der Waals surface area contributed by atoms with Crippen LogP contribution in [-0.2, 0) is 37.3 Å². The van der Waals surface area contributed by atoms with Crippen LogP contribution < -0.4 is 0 Å². The molecule has 0 amide bonds. The molecule has 3 aliphatic carbocycles. The van der Waals surface area contributed by atoms with Crippen molar-refractivity contribution in [3.63, 3.8) is 0 Å². The summed E-state index contributed by atoms with van der Waals surface area (Å²) in [6.45, 7) is 22.1. The molecule has 528 valence electrons. The Kier molecular flexibility index (Phi) is 25.6. The third-order valence-electron chi connectivity index (χ3n) is 19.7. The zero-order chi connectivity index (χ0) is 70.9. The summed E-state index contributed by atoms with van der Waals surface area (Å²) in [5.41, 5.74) is 12.7. The number of carboxylic acids is 3. The number of carbonyl (C=O) groups is 3. The van der Waals surface area contributed by atoms with Gasteiger partial charge in [-0.3, -0.25) is 34.4 Å². The highest BCUT2D eigenvalue weighted by Crippen LogP contribution is 2.41. The van der Waals surface area contributed by atoms with E-state index in [9.17, 15) is 14.4 Å². The van der Waals surface area contributed by atoms with Crippen LogP contribution in [0.3, 0.4) is 0 Å². The molecular formula is C78H100N12O8Si2. The quantitative estimate of drug-likeness (QED) is 0.0306. The number of ether oxygens (including phenoxy) is 2. The number of aliphatic carboxylic acids is 3. The predicted molar refractivity (Wildman–Crippen MR) is 396 cm³/mol. The molecule has 6 heterocycles. The summed E-state index contributed by atoms with van der Waals surface area (Å²) < 4.78 is 15.4. The first kappa shape index (κ1) is 74.0. The molecule has 0 aliphatic heterocycles. The SMILES string of the molecule is Cc1nc(-c2ccc(-c3ccc(C4CCC(CC(=O)O)CC4)cc3)nc2)n(COCC[Si](C)(C)C)n1.Cc1nc(-c2ccc(-c3ccc(C4CCC(CC(=O)O)CC4)cc3)nc2)n[nH]1.Cc1nc(-c2ccc(-c3ccc(C4CCC(CC(=O)O)CC4)cc3)nc2)nn1COCC[Si](C)(C)C. The molecule has 3 fully saturated rings. The first-order valence-corrected chi connectivity index (χ1v) is 43.1. The van der Waals surface area contributed by atoms with Gasteiger partial charge in [0.2, 0.25) is 0 Å². The molecule has 6 aromatic heterocycles. The largest absolute Gasteiger partial charge is 0.481 e. The molecule has 20 nitrogen and oxygen atoms in total. The molecule has 12 rings (SSSR count). The maximum Gasteiger partial charge on any atom is 0.303 e. The van der Waals surface area contributed by atoms with Gasteiger partial charge in [0.15, 0.2) is 17.5 Å². The van der Waals surface area contributed by atoms with Crippen LogP contribution >= 0.6 is 0 Å². The third-order valence-corrected chi connectivity index (χ3v) is 23.1. The van der Waals surface area contributed by atoms with E-state index in [1.54, 1.807) is 10.9 Å². The molecule has 3 aromatic carbocycles. The van der Waals surface area contributed by atoms with Crippen molar-refractivity contribution in [3.05, 3.63) is 162 Å². The van der Waals surface area contributed by atoms with Gasteiger partial charge in [0.1, 0.15) is 30.9 Å². The molecular weight excluding hydrogens is 1290 g/mol. The maximum absolute atomic E-state index is 11.0. The molecule has 9 aromatic rings. The van der Waals surface area contributed by atoms with Gasteiger partial charge in [0.25, 0.3) is 0 Å². The van der Waals surface area contributed by atoms with Gasteiger partial charge in [0, 0.05) is 101 Å². The monoisotopic (exact) mass is 1390 g/mol. The fraction of sp³-hybridized carbons (Fsp3) is 0.462. The van der Waals surface area contributed by atoms with E-state index in [1.807, 2.05) is 74.2 Å². The Labute approximate surface area is 590 Å². The lowest BCUT2D eigenvalue weighted by atomic mass is 9.77. The van der Waals surface area contributed by atoms with E-state index in [0.717, 1.165) is 176 Å². The Morgan fingerprint density at radius 2 is 0.800 bits per heavy atom. The fourth-order valence-corrected chi connectivity index (χ4v) is 15.2. The van der Waals surface area contributed by atoms with Crippen molar-refractivity contribution in [1.82, 2.24) is 59.7 Å². The number of aromatic amines is 1. The highest BCUT2D eigenvalue weighted by Gasteiger charge is 2.28. The summed E-state index contributed by atoms with van der Waals surface area (Å²) in [7, 11) is -2.23. The predicted octanol–water partition coefficient (Wildman–Crippen LogP) is 17.3. The van der Waals surface area contributed by atoms with Crippen molar-refractivity contribution in [3.8, 4) is 67.9 Å². The first-order chi connectivity index (χ1) is 47.9. The summed E-state index contributed by atoms with van der Waals surface area (Å²) >= 11 is 0. The van der Waals surface area contributed by atoms with Gasteiger partial charge in [-0.25, -0.2) is 24.3 Å². The number of hydrogen-bond donors (Lipinski definition) is 4. The zero-order valence-electron chi connectivity index (χ0n) is 59.7. The highest BCUT2D eigenvalue weighted by molar-refractivity contribution is 6.76. The average molecular weight is 1390 g/mol. The van der Waals surface area contributed by atoms with E-state index < -0.39 is 34.1 Å². The molecule has 0 unspecified atom stereocenters. The van der Waals surface area contributed by atoms with Crippen molar-refractivity contribution >= 4 is 34.1 Å². The van der Waals surface area contributed by atoms with Crippen molar-refractivity contribution < 1.29 is 39.2 Å². The summed E-state index contributed by atoms with van der Waals surface area (Å²) in [5.74, 6) is 4.94. The van der Waals surface area contributed by atoms with Gasteiger partial charge >= 0.3 is 17.9 Å². The van der Waals surface area contributed by atoms with Gasteiger partial charge in [-0.1, -0.05) is 112 Å². The minimum absolute atomic E-state index is 0.300. The number of aryl methyl sites for hydroxylation is 3. The average Bonchev–Trinajstić information content (AvgIpc) is 1.61. The summed E-state index contributed by atoms with van der Waals surface area (Å²) in [5, 5.41) is 43.2. The second-order valence-electron chi connectivity index (χ2n) is 30.0. The summed E-state index contributed by atoms with van der Waals surface area (Å²) in [4.78, 5) is 60.3. The molecule has 3 aliphatic rings. The van der Waals surface area contributed by atoms with E-state index in [0.29, 0.717) is 79.9 Å². The van der Waals surface area contributed by atoms with Crippen LogP contribution in [0.5, 0.6) is 0 Å².